The minimum atomic E-state index is -0.414. The highest BCUT2D eigenvalue weighted by Crippen LogP contribution is 2.49. The van der Waals surface area contributed by atoms with E-state index in [0.29, 0.717) is 22.3 Å². The Labute approximate surface area is 255 Å². The van der Waals surface area contributed by atoms with Crippen LogP contribution in [0.3, 0.4) is 0 Å². The fraction of sp³-hybridized carbons (Fsp3) is 0. The van der Waals surface area contributed by atoms with Crippen LogP contribution in [0.2, 0.25) is 0 Å². The summed E-state index contributed by atoms with van der Waals surface area (Å²) >= 11 is 0. The molecular weight excluding hydrogens is 504 g/mol. The largest absolute Gasteiger partial charge is 0.0629 e. The van der Waals surface area contributed by atoms with E-state index in [1.807, 2.05) is 103 Å². The average molecular weight is 539 g/mol. The van der Waals surface area contributed by atoms with Gasteiger partial charge in [-0.05, 0) is 93.0 Å². The highest BCUT2D eigenvalue weighted by molar-refractivity contribution is 6.30. The SMILES string of the molecule is [2H]c1c([2H])c([2H])c2c(-c3c4ccccc4cc4c3ccc3ccccc34)c3c([2H])c([2H])c([2H])c([2H])c3c(-c3cccc4ccccc34)c2c1[2H]. The summed E-state index contributed by atoms with van der Waals surface area (Å²) in [6.07, 6.45) is 0. The first-order valence-corrected chi connectivity index (χ1v) is 14.0. The maximum absolute atomic E-state index is 9.50. The van der Waals surface area contributed by atoms with E-state index in [-0.39, 0.29) is 45.7 Å². The molecule has 0 aliphatic heterocycles. The molecule has 0 aromatic heterocycles. The van der Waals surface area contributed by atoms with Crippen molar-refractivity contribution in [2.75, 3.05) is 0 Å². The van der Waals surface area contributed by atoms with Crippen molar-refractivity contribution >= 4 is 64.6 Å². The molecule has 0 aliphatic carbocycles. The number of fused-ring (bicyclic) bond motifs is 7. The van der Waals surface area contributed by atoms with Gasteiger partial charge in [0, 0.05) is 0 Å². The van der Waals surface area contributed by atoms with Gasteiger partial charge in [0.1, 0.15) is 0 Å². The van der Waals surface area contributed by atoms with Crippen molar-refractivity contribution in [3.8, 4) is 22.3 Å². The minimum absolute atomic E-state index is 0.210. The molecule has 9 aromatic carbocycles. The number of benzene rings is 9. The third kappa shape index (κ3) is 3.30. The van der Waals surface area contributed by atoms with Gasteiger partial charge in [0.2, 0.25) is 0 Å². The lowest BCUT2D eigenvalue weighted by atomic mass is 9.82. The van der Waals surface area contributed by atoms with Crippen molar-refractivity contribution in [1.82, 2.24) is 0 Å². The molecule has 0 unspecified atom stereocenters. The number of hydrogen-bond acceptors (Lipinski definition) is 0. The zero-order valence-electron chi connectivity index (χ0n) is 30.4. The molecule has 194 valence electrons. The van der Waals surface area contributed by atoms with E-state index in [9.17, 15) is 5.48 Å². The molecule has 0 saturated carbocycles. The van der Waals surface area contributed by atoms with E-state index in [2.05, 4.69) is 6.07 Å². The third-order valence-corrected chi connectivity index (χ3v) is 8.45. The van der Waals surface area contributed by atoms with Crippen molar-refractivity contribution < 1.29 is 11.0 Å². The maximum atomic E-state index is 9.50. The Bertz CT molecular complexity index is 2880. The van der Waals surface area contributed by atoms with Crippen LogP contribution in [0.15, 0.2) is 158 Å². The van der Waals surface area contributed by atoms with Gasteiger partial charge in [-0.25, -0.2) is 0 Å². The topological polar surface area (TPSA) is 0 Å². The Morgan fingerprint density at radius 3 is 1.50 bits per heavy atom. The molecule has 0 radical (unpaired) electrons. The number of rotatable bonds is 2. The summed E-state index contributed by atoms with van der Waals surface area (Å²) < 4.78 is 73.4. The zero-order chi connectivity index (χ0) is 34.6. The molecule has 0 aliphatic rings. The standard InChI is InChI=1S/C42H26/c1-4-16-30-27(12-1)15-11-23-33(30)40-34-19-7-9-21-36(34)42(37-22-10-8-20-35(37)40)41-32-18-6-3-14-29(32)26-39-31-17-5-2-13-28(31)24-25-38(39)41/h1-26H/i7D,8D,9D,10D,19D,20D,21D,22D. The maximum Gasteiger partial charge on any atom is 0.0629 e. The molecule has 9 aromatic rings. The van der Waals surface area contributed by atoms with Crippen LogP contribution >= 0.6 is 0 Å². The second kappa shape index (κ2) is 9.03. The fourth-order valence-corrected chi connectivity index (χ4v) is 6.68. The Kier molecular flexibility index (Phi) is 3.59. The van der Waals surface area contributed by atoms with Crippen LogP contribution in [0, 0.1) is 0 Å². The predicted octanol–water partition coefficient (Wildman–Crippen LogP) is 11.9. The van der Waals surface area contributed by atoms with E-state index >= 15 is 0 Å². The Hall–Kier alpha value is -5.46. The summed E-state index contributed by atoms with van der Waals surface area (Å²) in [6.45, 7) is 0. The van der Waals surface area contributed by atoms with Gasteiger partial charge in [-0.3, -0.25) is 0 Å². The molecule has 0 atom stereocenters. The Balaban J connectivity index is 1.67. The van der Waals surface area contributed by atoms with Gasteiger partial charge < -0.3 is 0 Å². The van der Waals surface area contributed by atoms with Crippen molar-refractivity contribution in [3.05, 3.63) is 158 Å². The number of hydrogen-bond donors (Lipinski definition) is 0. The van der Waals surface area contributed by atoms with Crippen LogP contribution in [0.5, 0.6) is 0 Å². The normalized spacial score (nSPS) is 14.5. The molecule has 0 bridgehead atoms. The van der Waals surface area contributed by atoms with Crippen LogP contribution in [-0.4, -0.2) is 0 Å². The lowest BCUT2D eigenvalue weighted by Crippen LogP contribution is -1.93. The molecule has 0 heterocycles. The smallest absolute Gasteiger partial charge is 0.0616 e. The summed E-state index contributed by atoms with van der Waals surface area (Å²) in [5.74, 6) is 0. The van der Waals surface area contributed by atoms with Crippen molar-refractivity contribution in [2.24, 2.45) is 0 Å². The first-order chi connectivity index (χ1) is 24.2. The van der Waals surface area contributed by atoms with Crippen LogP contribution in [0.1, 0.15) is 11.0 Å². The van der Waals surface area contributed by atoms with Gasteiger partial charge in [0.05, 0.1) is 11.0 Å². The summed E-state index contributed by atoms with van der Waals surface area (Å²) in [7, 11) is 0. The van der Waals surface area contributed by atoms with Gasteiger partial charge >= 0.3 is 0 Å². The Morgan fingerprint density at radius 2 is 0.810 bits per heavy atom. The van der Waals surface area contributed by atoms with Crippen LogP contribution in [0.25, 0.3) is 86.9 Å². The first-order valence-electron chi connectivity index (χ1n) is 18.0. The van der Waals surface area contributed by atoms with Gasteiger partial charge in [-0.2, -0.15) is 0 Å². The molecule has 0 fully saturated rings. The summed E-state index contributed by atoms with van der Waals surface area (Å²) in [4.78, 5) is 0. The predicted molar refractivity (Wildman–Crippen MR) is 182 cm³/mol. The minimum Gasteiger partial charge on any atom is -0.0616 e. The molecule has 42 heavy (non-hydrogen) atoms. The highest BCUT2D eigenvalue weighted by atomic mass is 14.2. The van der Waals surface area contributed by atoms with E-state index in [1.165, 1.54) is 0 Å². The molecule has 0 N–H and O–H groups in total. The van der Waals surface area contributed by atoms with Crippen molar-refractivity contribution in [3.63, 3.8) is 0 Å². The van der Waals surface area contributed by atoms with Crippen molar-refractivity contribution in [1.29, 1.82) is 0 Å². The monoisotopic (exact) mass is 538 g/mol. The summed E-state index contributed by atoms with van der Waals surface area (Å²) in [5.41, 5.74) is 1.98. The quantitative estimate of drug-likeness (QED) is 0.152. The summed E-state index contributed by atoms with van der Waals surface area (Å²) in [5, 5.41) is 8.00. The highest BCUT2D eigenvalue weighted by Gasteiger charge is 2.21. The molecule has 0 saturated heterocycles. The lowest BCUT2D eigenvalue weighted by molar-refractivity contribution is 1.70. The van der Waals surface area contributed by atoms with E-state index in [1.54, 1.807) is 0 Å². The molecular formula is C42H26. The van der Waals surface area contributed by atoms with E-state index in [0.717, 1.165) is 43.1 Å². The van der Waals surface area contributed by atoms with Gasteiger partial charge in [0.15, 0.2) is 0 Å². The lowest BCUT2D eigenvalue weighted by Gasteiger charge is -2.21. The average Bonchev–Trinajstić information content (AvgIpc) is 3.15. The molecule has 0 heteroatoms. The van der Waals surface area contributed by atoms with Gasteiger partial charge in [-0.1, -0.05) is 151 Å². The molecule has 0 spiro atoms. The second-order valence-electron chi connectivity index (χ2n) is 10.6. The molecule has 9 rings (SSSR count). The van der Waals surface area contributed by atoms with Crippen LogP contribution < -0.4 is 0 Å². The molecule has 0 amide bonds. The fourth-order valence-electron chi connectivity index (χ4n) is 6.68. The van der Waals surface area contributed by atoms with Gasteiger partial charge in [-0.15, -0.1) is 0 Å². The summed E-state index contributed by atoms with van der Waals surface area (Å²) in [6, 6.07) is 32.7. The second-order valence-corrected chi connectivity index (χ2v) is 10.6. The van der Waals surface area contributed by atoms with Crippen molar-refractivity contribution in [2.45, 2.75) is 0 Å². The van der Waals surface area contributed by atoms with E-state index < -0.39 is 24.2 Å². The first kappa shape index (κ1) is 16.7. The Morgan fingerprint density at radius 1 is 0.310 bits per heavy atom. The third-order valence-electron chi connectivity index (χ3n) is 8.45. The molecule has 0 nitrogen and oxygen atoms in total. The van der Waals surface area contributed by atoms with E-state index in [4.69, 9.17) is 5.48 Å². The van der Waals surface area contributed by atoms with Crippen LogP contribution in [0.4, 0.5) is 0 Å². The van der Waals surface area contributed by atoms with Crippen LogP contribution in [-0.2, 0) is 0 Å². The van der Waals surface area contributed by atoms with Gasteiger partial charge in [0.25, 0.3) is 0 Å². The zero-order valence-corrected chi connectivity index (χ0v) is 22.4.